The Bertz CT molecular complexity index is 1170. The fourth-order valence-corrected chi connectivity index (χ4v) is 5.71. The summed E-state index contributed by atoms with van der Waals surface area (Å²) in [4.78, 5) is 36.7. The van der Waals surface area contributed by atoms with Crippen LogP contribution >= 0.6 is 11.6 Å². The fourth-order valence-electron chi connectivity index (χ4n) is 5.45. The van der Waals surface area contributed by atoms with Crippen molar-refractivity contribution >= 4 is 35.2 Å². The van der Waals surface area contributed by atoms with Gasteiger partial charge in [0.25, 0.3) is 11.8 Å². The number of ether oxygens (including phenoxy) is 2. The third-order valence-electron chi connectivity index (χ3n) is 7.32. The smallest absolute Gasteiger partial charge is 0.416 e. The van der Waals surface area contributed by atoms with Crippen LogP contribution in [-0.2, 0) is 16.0 Å². The van der Waals surface area contributed by atoms with Gasteiger partial charge in [0.05, 0.1) is 12.7 Å². The lowest BCUT2D eigenvalue weighted by molar-refractivity contribution is -0.118. The average Bonchev–Trinajstić information content (AvgIpc) is 3.32. The number of rotatable bonds is 3. The Morgan fingerprint density at radius 3 is 2.88 bits per heavy atom. The predicted octanol–water partition coefficient (Wildman–Crippen LogP) is 2.12. The number of nitrogens with one attached hydrogen (secondary N) is 1. The van der Waals surface area contributed by atoms with Crippen molar-refractivity contribution in [3.8, 4) is 5.88 Å². The second kappa shape index (κ2) is 8.07. The number of piperidine rings is 1. The molecule has 3 aliphatic heterocycles. The van der Waals surface area contributed by atoms with Gasteiger partial charge in [-0.2, -0.15) is 0 Å². The van der Waals surface area contributed by atoms with Crippen molar-refractivity contribution in [2.24, 2.45) is 11.7 Å². The van der Waals surface area contributed by atoms with Crippen LogP contribution in [0.4, 0.5) is 16.4 Å². The lowest BCUT2D eigenvalue weighted by Gasteiger charge is -2.38. The van der Waals surface area contributed by atoms with E-state index >= 15 is 0 Å². The monoisotopic (exact) mass is 484 g/mol. The number of fused-ring (bicyclic) bond motifs is 2. The summed E-state index contributed by atoms with van der Waals surface area (Å²) < 4.78 is 11.1. The molecule has 2 amide bonds. The molecular formula is C23H25ClN6O4. The lowest BCUT2D eigenvalue weighted by Crippen LogP contribution is -2.48. The number of likely N-dealkylation sites (tertiary alicyclic amines) is 1. The van der Waals surface area contributed by atoms with Crippen LogP contribution in [-0.4, -0.2) is 65.3 Å². The Kier molecular flexibility index (Phi) is 5.12. The number of benzene rings is 1. The van der Waals surface area contributed by atoms with E-state index in [1.54, 1.807) is 0 Å². The minimum absolute atomic E-state index is 0.0172. The van der Waals surface area contributed by atoms with Gasteiger partial charge in [0.15, 0.2) is 18.2 Å². The van der Waals surface area contributed by atoms with Gasteiger partial charge in [0, 0.05) is 43.5 Å². The van der Waals surface area contributed by atoms with E-state index < -0.39 is 11.7 Å². The van der Waals surface area contributed by atoms with E-state index in [4.69, 9.17) is 26.8 Å². The minimum atomic E-state index is -0.561. The number of hydrogen-bond acceptors (Lipinski definition) is 8. The molecule has 0 bridgehead atoms. The van der Waals surface area contributed by atoms with E-state index in [0.717, 1.165) is 49.5 Å². The van der Waals surface area contributed by atoms with Crippen LogP contribution in [0.15, 0.2) is 24.4 Å². The van der Waals surface area contributed by atoms with Crippen LogP contribution in [0.5, 0.6) is 5.88 Å². The Morgan fingerprint density at radius 2 is 2.09 bits per heavy atom. The quantitative estimate of drug-likeness (QED) is 0.679. The van der Waals surface area contributed by atoms with Crippen molar-refractivity contribution in [2.75, 3.05) is 43.0 Å². The largest absolute Gasteiger partial charge is 0.465 e. The molecule has 2 fully saturated rings. The van der Waals surface area contributed by atoms with Crippen LogP contribution < -0.4 is 20.7 Å². The molecule has 4 heterocycles. The topological polar surface area (TPSA) is 123 Å². The summed E-state index contributed by atoms with van der Waals surface area (Å²) in [7, 11) is 0. The molecule has 6 rings (SSSR count). The molecule has 1 aliphatic carbocycles. The summed E-state index contributed by atoms with van der Waals surface area (Å²) in [6, 6.07) is 5.94. The van der Waals surface area contributed by atoms with E-state index in [1.807, 2.05) is 12.1 Å². The number of nitrogens with two attached hydrogens (primary N) is 1. The fraction of sp³-hybridized carbons (Fsp3) is 0.478. The highest BCUT2D eigenvalue weighted by molar-refractivity contribution is 6.31. The van der Waals surface area contributed by atoms with Crippen molar-refractivity contribution in [2.45, 2.75) is 30.9 Å². The number of hydrogen-bond donors (Lipinski definition) is 2. The second-order valence-corrected chi connectivity index (χ2v) is 9.86. The van der Waals surface area contributed by atoms with E-state index in [9.17, 15) is 9.59 Å². The van der Waals surface area contributed by atoms with Crippen LogP contribution in [0.3, 0.4) is 0 Å². The van der Waals surface area contributed by atoms with Crippen molar-refractivity contribution in [3.05, 3.63) is 40.5 Å². The molecule has 0 radical (unpaired) electrons. The van der Waals surface area contributed by atoms with Crippen LogP contribution in [0, 0.1) is 5.92 Å². The Balaban J connectivity index is 1.10. The van der Waals surface area contributed by atoms with Crippen molar-refractivity contribution < 1.29 is 19.1 Å². The van der Waals surface area contributed by atoms with Gasteiger partial charge in [-0.1, -0.05) is 23.7 Å². The summed E-state index contributed by atoms with van der Waals surface area (Å²) in [5.41, 5.74) is 8.30. The standard InChI is InChI=1S/C23H25ClN6O4/c24-16-3-1-2-14-15(16)8-13(19(14)25)10-29-6-4-23(5-7-29)12-30(22(32)34-23)17-9-26-21-20(27-17)28-18(31)11-33-21/h1-3,9,13,19H,4-8,10-12,25H2,(H,27,28,31)/t13-,19?/m0/s1. The molecule has 10 nitrogen and oxygen atoms in total. The third-order valence-corrected chi connectivity index (χ3v) is 7.67. The predicted molar refractivity (Wildman–Crippen MR) is 124 cm³/mol. The van der Waals surface area contributed by atoms with Crippen molar-refractivity contribution in [3.63, 3.8) is 0 Å². The molecule has 1 aromatic heterocycles. The van der Waals surface area contributed by atoms with Gasteiger partial charge in [-0.15, -0.1) is 0 Å². The van der Waals surface area contributed by atoms with E-state index in [2.05, 4.69) is 26.3 Å². The Labute approximate surface area is 201 Å². The Hall–Kier alpha value is -2.95. The number of carbonyl (C=O) groups excluding carboxylic acids is 2. The van der Waals surface area contributed by atoms with E-state index in [0.29, 0.717) is 18.3 Å². The highest BCUT2D eigenvalue weighted by atomic mass is 35.5. The third kappa shape index (κ3) is 3.66. The number of aromatic nitrogens is 2. The molecule has 11 heteroatoms. The highest BCUT2D eigenvalue weighted by Crippen LogP contribution is 2.40. The maximum atomic E-state index is 12.7. The van der Waals surface area contributed by atoms with Gasteiger partial charge in [-0.3, -0.25) is 9.69 Å². The molecule has 0 saturated carbocycles. The number of nitrogens with zero attached hydrogens (tertiary/aromatic N) is 4. The van der Waals surface area contributed by atoms with Gasteiger partial charge in [-0.05, 0) is 29.5 Å². The van der Waals surface area contributed by atoms with Gasteiger partial charge >= 0.3 is 6.09 Å². The van der Waals surface area contributed by atoms with Crippen LogP contribution in [0.2, 0.25) is 5.02 Å². The number of amides is 2. The first-order chi connectivity index (χ1) is 16.4. The van der Waals surface area contributed by atoms with E-state index in [1.165, 1.54) is 16.7 Å². The number of carbonyl (C=O) groups is 2. The molecule has 3 N–H and O–H groups in total. The molecule has 34 heavy (non-hydrogen) atoms. The summed E-state index contributed by atoms with van der Waals surface area (Å²) in [5.74, 6) is 0.799. The summed E-state index contributed by atoms with van der Waals surface area (Å²) in [6.07, 6.45) is 3.36. The van der Waals surface area contributed by atoms with Gasteiger partial charge in [-0.25, -0.2) is 14.8 Å². The first-order valence-electron chi connectivity index (χ1n) is 11.5. The minimum Gasteiger partial charge on any atom is -0.465 e. The van der Waals surface area contributed by atoms with Gasteiger partial charge < -0.3 is 25.4 Å². The second-order valence-electron chi connectivity index (χ2n) is 9.45. The SMILES string of the molecule is NC1c2cccc(Cl)c2C[C@H]1CN1CCC2(CC1)CN(c1cnc3c(n1)NC(=O)CO3)C(=O)O2. The number of halogens is 1. The normalized spacial score (nSPS) is 25.5. The van der Waals surface area contributed by atoms with Crippen molar-refractivity contribution in [1.82, 2.24) is 14.9 Å². The van der Waals surface area contributed by atoms with Crippen LogP contribution in [0.25, 0.3) is 0 Å². The molecule has 2 aromatic rings. The summed E-state index contributed by atoms with van der Waals surface area (Å²) in [5, 5.41) is 3.42. The first-order valence-corrected chi connectivity index (χ1v) is 11.8. The summed E-state index contributed by atoms with van der Waals surface area (Å²) in [6.45, 7) is 2.81. The molecule has 1 unspecified atom stereocenters. The molecule has 1 spiro atoms. The molecule has 4 aliphatic rings. The van der Waals surface area contributed by atoms with Gasteiger partial charge in [0.1, 0.15) is 5.60 Å². The maximum absolute atomic E-state index is 12.7. The molecular weight excluding hydrogens is 460 g/mol. The maximum Gasteiger partial charge on any atom is 0.416 e. The first kappa shape index (κ1) is 21.6. The lowest BCUT2D eigenvalue weighted by atomic mass is 9.90. The molecule has 178 valence electrons. The molecule has 2 saturated heterocycles. The molecule has 2 atom stereocenters. The zero-order valence-corrected chi connectivity index (χ0v) is 19.3. The van der Waals surface area contributed by atoms with Crippen molar-refractivity contribution in [1.29, 1.82) is 0 Å². The zero-order chi connectivity index (χ0) is 23.4. The highest BCUT2D eigenvalue weighted by Gasteiger charge is 2.48. The molecule has 1 aromatic carbocycles. The van der Waals surface area contributed by atoms with E-state index in [-0.39, 0.29) is 30.3 Å². The summed E-state index contributed by atoms with van der Waals surface area (Å²) >= 11 is 6.39. The zero-order valence-electron chi connectivity index (χ0n) is 18.5. The Morgan fingerprint density at radius 1 is 1.26 bits per heavy atom. The van der Waals surface area contributed by atoms with Gasteiger partial charge in [0.2, 0.25) is 0 Å². The number of anilines is 2. The van der Waals surface area contributed by atoms with Crippen LogP contribution in [0.1, 0.15) is 30.0 Å². The average molecular weight is 485 g/mol.